The Labute approximate surface area is 184 Å². The van der Waals surface area contributed by atoms with Crippen LogP contribution in [-0.4, -0.2) is 55.1 Å². The summed E-state index contributed by atoms with van der Waals surface area (Å²) in [6, 6.07) is 7.31. The summed E-state index contributed by atoms with van der Waals surface area (Å²) in [5.41, 5.74) is 3.02. The molecule has 31 heavy (non-hydrogen) atoms. The zero-order valence-corrected chi connectivity index (χ0v) is 18.2. The Morgan fingerprint density at radius 3 is 2.68 bits per heavy atom. The van der Waals surface area contributed by atoms with Crippen molar-refractivity contribution in [1.29, 1.82) is 0 Å². The number of carbonyl (C=O) groups is 1. The van der Waals surface area contributed by atoms with Crippen molar-refractivity contribution < 1.29 is 32.3 Å². The number of halogens is 3. The van der Waals surface area contributed by atoms with Gasteiger partial charge in [-0.3, -0.25) is 4.79 Å². The SMILES string of the molecule is O=C(NOC1CCCCO1)c1ccccc1SN1CCC(OCCCC(F)(F)F)CC1. The number of hydroxylamine groups is 1. The molecule has 1 atom stereocenters. The molecule has 0 spiro atoms. The van der Waals surface area contributed by atoms with Gasteiger partial charge in [0.25, 0.3) is 5.91 Å². The number of alkyl halides is 3. The first kappa shape index (κ1) is 24.3. The van der Waals surface area contributed by atoms with Crippen molar-refractivity contribution in [2.24, 2.45) is 0 Å². The van der Waals surface area contributed by atoms with Gasteiger partial charge in [-0.25, -0.2) is 14.6 Å². The van der Waals surface area contributed by atoms with E-state index in [0.29, 0.717) is 12.2 Å². The van der Waals surface area contributed by atoms with Gasteiger partial charge in [-0.05, 0) is 56.2 Å². The lowest BCUT2D eigenvalue weighted by Crippen LogP contribution is -2.34. The lowest BCUT2D eigenvalue weighted by atomic mass is 10.1. The van der Waals surface area contributed by atoms with Crippen LogP contribution >= 0.6 is 11.9 Å². The maximum atomic E-state index is 12.6. The minimum Gasteiger partial charge on any atom is -0.378 e. The second kappa shape index (κ2) is 12.1. The number of ether oxygens (including phenoxy) is 2. The van der Waals surface area contributed by atoms with E-state index in [1.54, 1.807) is 12.1 Å². The predicted molar refractivity (Wildman–Crippen MR) is 110 cm³/mol. The van der Waals surface area contributed by atoms with Crippen LogP contribution in [0.5, 0.6) is 0 Å². The molecule has 3 rings (SSSR count). The maximum Gasteiger partial charge on any atom is 0.389 e. The van der Waals surface area contributed by atoms with Crippen molar-refractivity contribution >= 4 is 17.9 Å². The molecule has 1 amide bonds. The number of carbonyl (C=O) groups excluding carboxylic acids is 1. The number of benzene rings is 1. The van der Waals surface area contributed by atoms with Gasteiger partial charge in [-0.1, -0.05) is 12.1 Å². The van der Waals surface area contributed by atoms with Crippen LogP contribution in [0.1, 0.15) is 55.3 Å². The summed E-state index contributed by atoms with van der Waals surface area (Å²) in [4.78, 5) is 18.8. The van der Waals surface area contributed by atoms with Crippen molar-refractivity contribution in [3.8, 4) is 0 Å². The molecule has 2 aliphatic heterocycles. The van der Waals surface area contributed by atoms with Gasteiger partial charge in [-0.2, -0.15) is 13.2 Å². The Morgan fingerprint density at radius 2 is 1.97 bits per heavy atom. The summed E-state index contributed by atoms with van der Waals surface area (Å²) in [7, 11) is 0. The molecule has 2 fully saturated rings. The zero-order chi connectivity index (χ0) is 22.1. The van der Waals surface area contributed by atoms with E-state index >= 15 is 0 Å². The van der Waals surface area contributed by atoms with Crippen LogP contribution in [-0.2, 0) is 14.3 Å². The average molecular weight is 463 g/mol. The predicted octanol–water partition coefficient (Wildman–Crippen LogP) is 4.71. The molecule has 1 aromatic rings. The Morgan fingerprint density at radius 1 is 1.19 bits per heavy atom. The molecule has 2 aliphatic rings. The zero-order valence-electron chi connectivity index (χ0n) is 17.4. The van der Waals surface area contributed by atoms with Crippen molar-refractivity contribution in [2.75, 3.05) is 26.3 Å². The first-order valence-corrected chi connectivity index (χ1v) is 11.5. The van der Waals surface area contributed by atoms with Crippen molar-refractivity contribution in [3.63, 3.8) is 0 Å². The molecule has 1 aromatic carbocycles. The van der Waals surface area contributed by atoms with Gasteiger partial charge in [0.2, 0.25) is 0 Å². The first-order valence-electron chi connectivity index (χ1n) is 10.7. The van der Waals surface area contributed by atoms with E-state index in [4.69, 9.17) is 14.3 Å². The molecule has 6 nitrogen and oxygen atoms in total. The monoisotopic (exact) mass is 462 g/mol. The van der Waals surface area contributed by atoms with Crippen LogP contribution in [0, 0.1) is 0 Å². The number of piperidine rings is 1. The van der Waals surface area contributed by atoms with Crippen molar-refractivity contribution in [3.05, 3.63) is 29.8 Å². The van der Waals surface area contributed by atoms with E-state index in [1.165, 1.54) is 11.9 Å². The highest BCUT2D eigenvalue weighted by molar-refractivity contribution is 7.97. The summed E-state index contributed by atoms with van der Waals surface area (Å²) >= 11 is 1.50. The second-order valence-electron chi connectivity index (χ2n) is 7.65. The summed E-state index contributed by atoms with van der Waals surface area (Å²) in [6.45, 7) is 2.23. The summed E-state index contributed by atoms with van der Waals surface area (Å²) < 4.78 is 49.8. The minimum absolute atomic E-state index is 0.00504. The standard InChI is InChI=1S/C21H29F3N2O4S/c22-21(23,24)11-5-15-28-16-9-12-26(13-10-16)31-18-7-2-1-6-17(18)20(27)25-30-19-8-3-4-14-29-19/h1-2,6-7,16,19H,3-5,8-15H2,(H,25,27). The molecule has 0 aliphatic carbocycles. The Bertz CT molecular complexity index is 693. The van der Waals surface area contributed by atoms with Gasteiger partial charge in [0.05, 0.1) is 11.7 Å². The number of amides is 1. The lowest BCUT2D eigenvalue weighted by Gasteiger charge is -2.31. The highest BCUT2D eigenvalue weighted by Gasteiger charge is 2.27. The molecule has 0 radical (unpaired) electrons. The third kappa shape index (κ3) is 8.61. The summed E-state index contributed by atoms with van der Waals surface area (Å²) in [5, 5.41) is 0. The molecule has 174 valence electrons. The van der Waals surface area contributed by atoms with Crippen molar-refractivity contribution in [1.82, 2.24) is 9.79 Å². The number of nitrogens with zero attached hydrogens (tertiary/aromatic N) is 1. The molecule has 0 saturated carbocycles. The minimum atomic E-state index is -4.13. The Balaban J connectivity index is 1.42. The van der Waals surface area contributed by atoms with Gasteiger partial charge in [-0.15, -0.1) is 0 Å². The average Bonchev–Trinajstić information content (AvgIpc) is 2.77. The fourth-order valence-electron chi connectivity index (χ4n) is 3.46. The molecule has 1 N–H and O–H groups in total. The molecule has 2 heterocycles. The van der Waals surface area contributed by atoms with Crippen LogP contribution in [0.2, 0.25) is 0 Å². The number of rotatable bonds is 9. The molecular formula is C21H29F3N2O4S. The van der Waals surface area contributed by atoms with Gasteiger partial charge >= 0.3 is 6.18 Å². The van der Waals surface area contributed by atoms with E-state index in [1.807, 2.05) is 12.1 Å². The van der Waals surface area contributed by atoms with Crippen LogP contribution in [0.4, 0.5) is 13.2 Å². The molecule has 10 heteroatoms. The van der Waals surface area contributed by atoms with E-state index in [-0.39, 0.29) is 25.0 Å². The summed E-state index contributed by atoms with van der Waals surface area (Å²) in [5.74, 6) is -0.319. The van der Waals surface area contributed by atoms with E-state index < -0.39 is 18.9 Å². The lowest BCUT2D eigenvalue weighted by molar-refractivity contribution is -0.186. The third-order valence-electron chi connectivity index (χ3n) is 5.14. The molecule has 1 unspecified atom stereocenters. The smallest absolute Gasteiger partial charge is 0.378 e. The maximum absolute atomic E-state index is 12.6. The van der Waals surface area contributed by atoms with E-state index in [2.05, 4.69) is 9.79 Å². The number of hydrogen-bond donors (Lipinski definition) is 1. The van der Waals surface area contributed by atoms with E-state index in [9.17, 15) is 18.0 Å². The fourth-order valence-corrected chi connectivity index (χ4v) is 4.53. The normalized spacial score (nSPS) is 21.2. The Kier molecular flexibility index (Phi) is 9.46. The van der Waals surface area contributed by atoms with Crippen LogP contribution < -0.4 is 5.48 Å². The molecule has 0 aromatic heterocycles. The largest absolute Gasteiger partial charge is 0.389 e. The Hall–Kier alpha value is -1.33. The van der Waals surface area contributed by atoms with Crippen LogP contribution in [0.25, 0.3) is 0 Å². The van der Waals surface area contributed by atoms with Crippen LogP contribution in [0.3, 0.4) is 0 Å². The third-order valence-corrected chi connectivity index (χ3v) is 6.32. The fraction of sp³-hybridized carbons (Fsp3) is 0.667. The van der Waals surface area contributed by atoms with Crippen molar-refractivity contribution in [2.45, 2.75) is 68.4 Å². The van der Waals surface area contributed by atoms with Gasteiger partial charge in [0.1, 0.15) is 0 Å². The number of nitrogens with one attached hydrogen (secondary N) is 1. The topological polar surface area (TPSA) is 60.0 Å². The quantitative estimate of drug-likeness (QED) is 0.326. The van der Waals surface area contributed by atoms with Gasteiger partial charge < -0.3 is 9.47 Å². The number of hydrogen-bond acceptors (Lipinski definition) is 6. The molecule has 0 bridgehead atoms. The van der Waals surface area contributed by atoms with E-state index in [0.717, 1.165) is 50.1 Å². The van der Waals surface area contributed by atoms with Gasteiger partial charge in [0.15, 0.2) is 6.29 Å². The highest BCUT2D eigenvalue weighted by atomic mass is 32.2. The molecule has 2 saturated heterocycles. The van der Waals surface area contributed by atoms with Gasteiger partial charge in [0, 0.05) is 44.0 Å². The van der Waals surface area contributed by atoms with Crippen LogP contribution in [0.15, 0.2) is 29.2 Å². The highest BCUT2D eigenvalue weighted by Crippen LogP contribution is 2.30. The first-order chi connectivity index (χ1) is 14.9. The molecular weight excluding hydrogens is 433 g/mol. The second-order valence-corrected chi connectivity index (χ2v) is 8.79. The summed E-state index contributed by atoms with van der Waals surface area (Å²) in [6.07, 6.45) is -1.11.